The van der Waals surface area contributed by atoms with E-state index in [1.807, 2.05) is 24.3 Å². The van der Waals surface area contributed by atoms with E-state index in [0.717, 1.165) is 11.1 Å². The largest absolute Gasteiger partial charge is 0.465 e. The van der Waals surface area contributed by atoms with Gasteiger partial charge in [0.05, 0.1) is 17.6 Å². The molecule has 0 spiro atoms. The summed E-state index contributed by atoms with van der Waals surface area (Å²) in [5.74, 6) is -0.627. The zero-order valence-electron chi connectivity index (χ0n) is 18.2. The summed E-state index contributed by atoms with van der Waals surface area (Å²) in [4.78, 5) is 24.3. The van der Waals surface area contributed by atoms with Crippen LogP contribution in [0.5, 0.6) is 0 Å². The Labute approximate surface area is 191 Å². The Morgan fingerprint density at radius 1 is 1.03 bits per heavy atom. The number of sulfonamides is 1. The quantitative estimate of drug-likeness (QED) is 0.509. The molecule has 1 aliphatic rings. The average molecular weight is 470 g/mol. The molecule has 1 aliphatic heterocycles. The van der Waals surface area contributed by atoms with Crippen LogP contribution in [0, 0.1) is 6.92 Å². The molecule has 172 valence electrons. The van der Waals surface area contributed by atoms with Gasteiger partial charge in [-0.25, -0.2) is 18.0 Å². The van der Waals surface area contributed by atoms with Crippen LogP contribution in [0.2, 0.25) is 0 Å². The number of esters is 2. The second kappa shape index (κ2) is 9.21. The van der Waals surface area contributed by atoms with E-state index in [2.05, 4.69) is 4.74 Å². The number of hydrogen-bond acceptors (Lipinski definition) is 7. The summed E-state index contributed by atoms with van der Waals surface area (Å²) in [5.41, 5.74) is 2.47. The minimum absolute atomic E-state index is 0.0261. The van der Waals surface area contributed by atoms with Crippen LogP contribution in [0.25, 0.3) is 0 Å². The molecule has 4 rings (SSSR count). The zero-order valence-corrected chi connectivity index (χ0v) is 19.1. The van der Waals surface area contributed by atoms with Crippen LogP contribution >= 0.6 is 0 Å². The third-order valence-corrected chi connectivity index (χ3v) is 7.36. The maximum absolute atomic E-state index is 13.2. The first-order valence-corrected chi connectivity index (χ1v) is 11.8. The summed E-state index contributed by atoms with van der Waals surface area (Å²) < 4.78 is 43.2. The molecule has 0 unspecified atom stereocenters. The molecule has 0 N–H and O–H groups in total. The van der Waals surface area contributed by atoms with Gasteiger partial charge in [0.15, 0.2) is 0 Å². The van der Waals surface area contributed by atoms with Gasteiger partial charge in [-0.3, -0.25) is 0 Å². The van der Waals surface area contributed by atoms with Gasteiger partial charge in [0.25, 0.3) is 0 Å². The van der Waals surface area contributed by atoms with Crippen molar-refractivity contribution >= 4 is 22.0 Å². The number of furan rings is 1. The SMILES string of the molecule is COC(=O)c1cc(COC(=O)c2cccc(S(=O)(=O)N3CCc4ccccc4C3)c2)oc1C. The van der Waals surface area contributed by atoms with Gasteiger partial charge in [-0.1, -0.05) is 30.3 Å². The summed E-state index contributed by atoms with van der Waals surface area (Å²) in [5, 5.41) is 0. The summed E-state index contributed by atoms with van der Waals surface area (Å²) in [6, 6.07) is 15.0. The summed E-state index contributed by atoms with van der Waals surface area (Å²) in [6.07, 6.45) is 0.632. The minimum atomic E-state index is -3.79. The Morgan fingerprint density at radius 2 is 1.79 bits per heavy atom. The predicted molar refractivity (Wildman–Crippen MR) is 118 cm³/mol. The number of carbonyl (C=O) groups excluding carboxylic acids is 2. The molecule has 9 heteroatoms. The average Bonchev–Trinajstić information content (AvgIpc) is 3.22. The van der Waals surface area contributed by atoms with Crippen molar-refractivity contribution in [2.45, 2.75) is 31.4 Å². The Bertz CT molecular complexity index is 1310. The molecule has 0 saturated heterocycles. The fourth-order valence-corrected chi connectivity index (χ4v) is 5.22. The number of benzene rings is 2. The Balaban J connectivity index is 1.47. The molecule has 0 saturated carbocycles. The highest BCUT2D eigenvalue weighted by molar-refractivity contribution is 7.89. The highest BCUT2D eigenvalue weighted by atomic mass is 32.2. The smallest absolute Gasteiger partial charge is 0.341 e. The maximum Gasteiger partial charge on any atom is 0.341 e. The van der Waals surface area contributed by atoms with E-state index in [9.17, 15) is 18.0 Å². The zero-order chi connectivity index (χ0) is 23.6. The highest BCUT2D eigenvalue weighted by Crippen LogP contribution is 2.25. The molecule has 0 atom stereocenters. The van der Waals surface area contributed by atoms with Crippen LogP contribution in [0.1, 0.15) is 43.4 Å². The van der Waals surface area contributed by atoms with E-state index < -0.39 is 22.0 Å². The summed E-state index contributed by atoms with van der Waals surface area (Å²) in [6.45, 7) is 2.05. The normalized spacial score (nSPS) is 13.9. The van der Waals surface area contributed by atoms with Gasteiger partial charge in [0.2, 0.25) is 10.0 Å². The van der Waals surface area contributed by atoms with Gasteiger partial charge in [-0.05, 0) is 48.7 Å². The van der Waals surface area contributed by atoms with Crippen molar-refractivity contribution in [2.24, 2.45) is 0 Å². The molecule has 0 radical (unpaired) electrons. The number of nitrogens with zero attached hydrogens (tertiary/aromatic N) is 1. The first-order chi connectivity index (χ1) is 15.8. The lowest BCUT2D eigenvalue weighted by Gasteiger charge is -2.28. The van der Waals surface area contributed by atoms with Crippen molar-refractivity contribution in [2.75, 3.05) is 13.7 Å². The minimum Gasteiger partial charge on any atom is -0.465 e. The summed E-state index contributed by atoms with van der Waals surface area (Å²) in [7, 11) is -2.52. The molecule has 0 bridgehead atoms. The first-order valence-electron chi connectivity index (χ1n) is 10.3. The highest BCUT2D eigenvalue weighted by Gasteiger charge is 2.29. The van der Waals surface area contributed by atoms with Crippen molar-refractivity contribution in [3.8, 4) is 0 Å². The van der Waals surface area contributed by atoms with Crippen molar-refractivity contribution in [3.05, 3.63) is 88.4 Å². The molecule has 2 aromatic carbocycles. The van der Waals surface area contributed by atoms with Crippen LogP contribution in [-0.4, -0.2) is 38.3 Å². The van der Waals surface area contributed by atoms with Gasteiger partial charge >= 0.3 is 11.9 Å². The van der Waals surface area contributed by atoms with Crippen LogP contribution in [0.15, 0.2) is 63.9 Å². The second-order valence-electron chi connectivity index (χ2n) is 7.64. The second-order valence-corrected chi connectivity index (χ2v) is 9.57. The van der Waals surface area contributed by atoms with Gasteiger partial charge in [-0.2, -0.15) is 4.31 Å². The molecule has 8 nitrogen and oxygen atoms in total. The number of aryl methyl sites for hydroxylation is 1. The van der Waals surface area contributed by atoms with E-state index in [4.69, 9.17) is 9.15 Å². The van der Waals surface area contributed by atoms with E-state index in [1.54, 1.807) is 6.92 Å². The van der Waals surface area contributed by atoms with Crippen LogP contribution in [-0.2, 0) is 39.1 Å². The summed E-state index contributed by atoms with van der Waals surface area (Å²) >= 11 is 0. The molecule has 0 fully saturated rings. The fourth-order valence-electron chi connectivity index (χ4n) is 3.76. The Kier molecular flexibility index (Phi) is 6.35. The van der Waals surface area contributed by atoms with Crippen molar-refractivity contribution in [3.63, 3.8) is 0 Å². The predicted octanol–water partition coefficient (Wildman–Crippen LogP) is 3.48. The number of fused-ring (bicyclic) bond motifs is 1. The van der Waals surface area contributed by atoms with Gasteiger partial charge in [0.1, 0.15) is 23.7 Å². The Morgan fingerprint density at radius 3 is 2.55 bits per heavy atom. The Hall–Kier alpha value is -3.43. The number of rotatable bonds is 6. The lowest BCUT2D eigenvalue weighted by atomic mass is 10.0. The van der Waals surface area contributed by atoms with Gasteiger partial charge < -0.3 is 13.9 Å². The van der Waals surface area contributed by atoms with Crippen LogP contribution in [0.3, 0.4) is 0 Å². The van der Waals surface area contributed by atoms with E-state index in [0.29, 0.717) is 18.7 Å². The molecule has 33 heavy (non-hydrogen) atoms. The van der Waals surface area contributed by atoms with Crippen molar-refractivity contribution in [1.82, 2.24) is 4.31 Å². The third-order valence-electron chi connectivity index (χ3n) is 5.52. The standard InChI is InChI=1S/C24H23NO7S/c1-16-22(24(27)30-2)13-20(32-16)15-31-23(26)18-8-5-9-21(12-18)33(28,29)25-11-10-17-6-3-4-7-19(17)14-25/h3-9,12-13H,10-11,14-15H2,1-2H3. The lowest BCUT2D eigenvalue weighted by molar-refractivity contribution is 0.0443. The van der Waals surface area contributed by atoms with E-state index in [1.165, 1.54) is 41.7 Å². The first kappa shape index (κ1) is 22.8. The fraction of sp³-hybridized carbons (Fsp3) is 0.250. The maximum atomic E-state index is 13.2. The lowest BCUT2D eigenvalue weighted by Crippen LogP contribution is -2.36. The van der Waals surface area contributed by atoms with E-state index >= 15 is 0 Å². The number of carbonyl (C=O) groups is 2. The molecule has 3 aromatic rings. The third kappa shape index (κ3) is 4.69. The molecule has 0 amide bonds. The van der Waals surface area contributed by atoms with E-state index in [-0.39, 0.29) is 34.9 Å². The molecule has 0 aliphatic carbocycles. The number of methoxy groups -OCH3 is 1. The topological polar surface area (TPSA) is 103 Å². The molecule has 1 aromatic heterocycles. The van der Waals surface area contributed by atoms with Crippen molar-refractivity contribution in [1.29, 1.82) is 0 Å². The van der Waals surface area contributed by atoms with Gasteiger partial charge in [-0.15, -0.1) is 0 Å². The monoisotopic (exact) mass is 469 g/mol. The molecular weight excluding hydrogens is 446 g/mol. The van der Waals surface area contributed by atoms with Gasteiger partial charge in [0, 0.05) is 13.1 Å². The molecule has 2 heterocycles. The number of hydrogen-bond donors (Lipinski definition) is 0. The van der Waals surface area contributed by atoms with Crippen LogP contribution in [0.4, 0.5) is 0 Å². The van der Waals surface area contributed by atoms with Crippen molar-refractivity contribution < 1.29 is 31.9 Å². The van der Waals surface area contributed by atoms with Crippen LogP contribution < -0.4 is 0 Å². The number of ether oxygens (including phenoxy) is 2. The molecular formula is C24H23NO7S.